The molecule has 2 rings (SSSR count). The van der Waals surface area contributed by atoms with Crippen molar-refractivity contribution in [2.24, 2.45) is 5.92 Å². The zero-order chi connectivity index (χ0) is 18.4. The van der Waals surface area contributed by atoms with Gasteiger partial charge in [0, 0.05) is 13.1 Å². The number of amides is 1. The Morgan fingerprint density at radius 1 is 1.36 bits per heavy atom. The van der Waals surface area contributed by atoms with Crippen molar-refractivity contribution in [2.75, 3.05) is 13.1 Å². The van der Waals surface area contributed by atoms with E-state index in [1.807, 2.05) is 43.9 Å². The predicted molar refractivity (Wildman–Crippen MR) is 99.3 cm³/mol. The number of hydrogen-bond acceptors (Lipinski definition) is 3. The Kier molecular flexibility index (Phi) is 6.47. The minimum absolute atomic E-state index is 0.195. The van der Waals surface area contributed by atoms with Gasteiger partial charge in [0.1, 0.15) is 5.60 Å². The van der Waals surface area contributed by atoms with Gasteiger partial charge in [0.2, 0.25) is 0 Å². The number of hydrogen-bond donors (Lipinski definition) is 0. The van der Waals surface area contributed by atoms with E-state index in [-0.39, 0.29) is 6.09 Å². The third-order valence-electron chi connectivity index (χ3n) is 4.86. The Morgan fingerprint density at radius 2 is 2.04 bits per heavy atom. The Morgan fingerprint density at radius 3 is 2.60 bits per heavy atom. The van der Waals surface area contributed by atoms with E-state index in [1.54, 1.807) is 0 Å². The van der Waals surface area contributed by atoms with Crippen LogP contribution in [0.25, 0.3) is 0 Å². The molecule has 0 bridgehead atoms. The van der Waals surface area contributed by atoms with Crippen LogP contribution in [0.1, 0.15) is 70.4 Å². The molecule has 1 atom stereocenters. The maximum atomic E-state index is 12.2. The van der Waals surface area contributed by atoms with Crippen molar-refractivity contribution in [3.63, 3.8) is 0 Å². The molecular formula is C21H30N2O2. The molecule has 0 aliphatic carbocycles. The normalized spacial score (nSPS) is 17.0. The molecule has 1 aromatic carbocycles. The van der Waals surface area contributed by atoms with E-state index in [2.05, 4.69) is 19.1 Å². The lowest BCUT2D eigenvalue weighted by molar-refractivity contribution is 0.0178. The Bertz CT molecular complexity index is 620. The first-order chi connectivity index (χ1) is 11.8. The highest BCUT2D eigenvalue weighted by Crippen LogP contribution is 2.32. The lowest BCUT2D eigenvalue weighted by Crippen LogP contribution is -2.41. The lowest BCUT2D eigenvalue weighted by Gasteiger charge is -2.34. The van der Waals surface area contributed by atoms with Gasteiger partial charge in [-0.25, -0.2) is 4.79 Å². The Balaban J connectivity index is 1.90. The van der Waals surface area contributed by atoms with Gasteiger partial charge in [-0.2, -0.15) is 5.26 Å². The molecule has 4 nitrogen and oxygen atoms in total. The van der Waals surface area contributed by atoms with E-state index in [1.165, 1.54) is 5.56 Å². The summed E-state index contributed by atoms with van der Waals surface area (Å²) in [6, 6.07) is 10.2. The van der Waals surface area contributed by atoms with Crippen molar-refractivity contribution in [2.45, 2.75) is 64.9 Å². The van der Waals surface area contributed by atoms with E-state index in [4.69, 9.17) is 10.00 Å². The standard InChI is InChI=1S/C21H30N2O2/c1-5-18(19-8-6-7-17(14-19)15-22)13-16-9-11-23(12-10-16)20(24)25-21(2,3)4/h6-8,14,16,18H,5,9-13H2,1-4H3. The fourth-order valence-electron chi connectivity index (χ4n) is 3.48. The van der Waals surface area contributed by atoms with Gasteiger partial charge in [0.05, 0.1) is 11.6 Å². The minimum Gasteiger partial charge on any atom is -0.444 e. The number of piperidine rings is 1. The van der Waals surface area contributed by atoms with Crippen LogP contribution >= 0.6 is 0 Å². The second kappa shape index (κ2) is 8.38. The first kappa shape index (κ1) is 19.3. The smallest absolute Gasteiger partial charge is 0.410 e. The molecule has 0 saturated carbocycles. The number of likely N-dealkylation sites (tertiary alicyclic amines) is 1. The molecular weight excluding hydrogens is 312 g/mol. The van der Waals surface area contributed by atoms with Crippen LogP contribution < -0.4 is 0 Å². The molecule has 0 radical (unpaired) electrons. The zero-order valence-corrected chi connectivity index (χ0v) is 15.9. The molecule has 25 heavy (non-hydrogen) atoms. The van der Waals surface area contributed by atoms with Crippen molar-refractivity contribution >= 4 is 6.09 Å². The predicted octanol–water partition coefficient (Wildman–Crippen LogP) is 5.09. The van der Waals surface area contributed by atoms with E-state index >= 15 is 0 Å². The van der Waals surface area contributed by atoms with E-state index in [0.29, 0.717) is 11.8 Å². The first-order valence-corrected chi connectivity index (χ1v) is 9.30. The molecule has 136 valence electrons. The van der Waals surface area contributed by atoms with Gasteiger partial charge in [-0.1, -0.05) is 19.1 Å². The second-order valence-corrected chi connectivity index (χ2v) is 7.99. The van der Waals surface area contributed by atoms with Crippen LogP contribution in [0.4, 0.5) is 4.79 Å². The van der Waals surface area contributed by atoms with Crippen LogP contribution in [0.2, 0.25) is 0 Å². The summed E-state index contributed by atoms with van der Waals surface area (Å²) >= 11 is 0. The molecule has 1 aromatic rings. The molecule has 1 amide bonds. The molecule has 1 saturated heterocycles. The Labute approximate surface area is 151 Å². The maximum Gasteiger partial charge on any atom is 0.410 e. The summed E-state index contributed by atoms with van der Waals surface area (Å²) in [6.07, 6.45) is 4.04. The monoisotopic (exact) mass is 342 g/mol. The summed E-state index contributed by atoms with van der Waals surface area (Å²) in [5, 5.41) is 9.10. The van der Waals surface area contributed by atoms with Crippen molar-refractivity contribution < 1.29 is 9.53 Å². The van der Waals surface area contributed by atoms with Crippen molar-refractivity contribution in [3.05, 3.63) is 35.4 Å². The molecule has 1 fully saturated rings. The molecule has 1 aliphatic heterocycles. The number of nitrogens with zero attached hydrogens (tertiary/aromatic N) is 2. The number of ether oxygens (including phenoxy) is 1. The average molecular weight is 342 g/mol. The van der Waals surface area contributed by atoms with Crippen LogP contribution in [0.15, 0.2) is 24.3 Å². The first-order valence-electron chi connectivity index (χ1n) is 9.30. The van der Waals surface area contributed by atoms with Crippen LogP contribution in [0, 0.1) is 17.2 Å². The van der Waals surface area contributed by atoms with Crippen LogP contribution in [-0.2, 0) is 4.74 Å². The summed E-state index contributed by atoms with van der Waals surface area (Å²) in [6.45, 7) is 9.46. The largest absolute Gasteiger partial charge is 0.444 e. The molecule has 0 spiro atoms. The number of rotatable bonds is 4. The van der Waals surface area contributed by atoms with Crippen molar-refractivity contribution in [3.8, 4) is 6.07 Å². The topological polar surface area (TPSA) is 53.3 Å². The summed E-state index contributed by atoms with van der Waals surface area (Å²) < 4.78 is 5.47. The molecule has 1 unspecified atom stereocenters. The molecule has 0 aromatic heterocycles. The number of carbonyl (C=O) groups is 1. The fourth-order valence-corrected chi connectivity index (χ4v) is 3.48. The number of nitriles is 1. The third-order valence-corrected chi connectivity index (χ3v) is 4.86. The quantitative estimate of drug-likeness (QED) is 0.766. The van der Waals surface area contributed by atoms with Gasteiger partial charge >= 0.3 is 6.09 Å². The van der Waals surface area contributed by atoms with Gasteiger partial charge in [0.15, 0.2) is 0 Å². The second-order valence-electron chi connectivity index (χ2n) is 7.99. The summed E-state index contributed by atoms with van der Waals surface area (Å²) in [7, 11) is 0. The van der Waals surface area contributed by atoms with Crippen molar-refractivity contribution in [1.29, 1.82) is 5.26 Å². The highest BCUT2D eigenvalue weighted by atomic mass is 16.6. The van der Waals surface area contributed by atoms with Crippen molar-refractivity contribution in [1.82, 2.24) is 4.90 Å². The summed E-state index contributed by atoms with van der Waals surface area (Å²) in [5.41, 5.74) is 1.55. The van der Waals surface area contributed by atoms with Gasteiger partial charge in [-0.05, 0) is 76.0 Å². The number of benzene rings is 1. The molecule has 4 heteroatoms. The lowest BCUT2D eigenvalue weighted by atomic mass is 9.82. The van der Waals surface area contributed by atoms with Gasteiger partial charge < -0.3 is 9.64 Å². The minimum atomic E-state index is -0.438. The molecule has 1 heterocycles. The van der Waals surface area contributed by atoms with Crippen LogP contribution in [0.3, 0.4) is 0 Å². The third kappa shape index (κ3) is 5.77. The van der Waals surface area contributed by atoms with E-state index in [9.17, 15) is 4.79 Å². The van der Waals surface area contributed by atoms with Gasteiger partial charge in [-0.3, -0.25) is 0 Å². The van der Waals surface area contributed by atoms with E-state index < -0.39 is 5.60 Å². The molecule has 0 N–H and O–H groups in total. The fraction of sp³-hybridized carbons (Fsp3) is 0.619. The van der Waals surface area contributed by atoms with E-state index in [0.717, 1.165) is 44.3 Å². The summed E-state index contributed by atoms with van der Waals surface area (Å²) in [5.74, 6) is 1.10. The van der Waals surface area contributed by atoms with Crippen LogP contribution in [-0.4, -0.2) is 29.7 Å². The summed E-state index contributed by atoms with van der Waals surface area (Å²) in [4.78, 5) is 14.0. The molecule has 1 aliphatic rings. The van der Waals surface area contributed by atoms with Crippen LogP contribution in [0.5, 0.6) is 0 Å². The SMILES string of the molecule is CCC(CC1CCN(C(=O)OC(C)(C)C)CC1)c1cccc(C#N)c1. The highest BCUT2D eigenvalue weighted by Gasteiger charge is 2.28. The zero-order valence-electron chi connectivity index (χ0n) is 15.9. The average Bonchev–Trinajstić information content (AvgIpc) is 2.58. The maximum absolute atomic E-state index is 12.2. The van der Waals surface area contributed by atoms with Gasteiger partial charge in [-0.15, -0.1) is 0 Å². The highest BCUT2D eigenvalue weighted by molar-refractivity contribution is 5.68. The number of carbonyl (C=O) groups excluding carboxylic acids is 1. The van der Waals surface area contributed by atoms with Gasteiger partial charge in [0.25, 0.3) is 0 Å². The Hall–Kier alpha value is -2.02.